The van der Waals surface area contributed by atoms with E-state index < -0.39 is 0 Å². The summed E-state index contributed by atoms with van der Waals surface area (Å²) in [4.78, 5) is 0. The van der Waals surface area contributed by atoms with Gasteiger partial charge in [0.15, 0.2) is 5.69 Å². The fourth-order valence-electron chi connectivity index (χ4n) is 2.74. The van der Waals surface area contributed by atoms with Crippen LogP contribution in [0.3, 0.4) is 0 Å². The van der Waals surface area contributed by atoms with Crippen molar-refractivity contribution in [1.82, 2.24) is 15.4 Å². The van der Waals surface area contributed by atoms with Gasteiger partial charge in [0.25, 0.3) is 0 Å². The van der Waals surface area contributed by atoms with Crippen molar-refractivity contribution in [3.05, 3.63) is 78.0 Å². The minimum Gasteiger partial charge on any atom is -0.489 e. The summed E-state index contributed by atoms with van der Waals surface area (Å²) in [6, 6.07) is 24.0. The van der Waals surface area contributed by atoms with Crippen LogP contribution in [0.1, 0.15) is 11.3 Å². The largest absolute Gasteiger partial charge is 0.489 e. The molecule has 0 spiro atoms. The summed E-state index contributed by atoms with van der Waals surface area (Å²) in [5, 5.41) is 21.8. The van der Waals surface area contributed by atoms with E-state index in [0.717, 1.165) is 22.3 Å². The molecular weight excluding hydrogens is 312 g/mol. The Labute approximate surface area is 144 Å². The fraction of sp³-hybridized carbons (Fsp3) is 0.0500. The molecule has 120 valence electrons. The van der Waals surface area contributed by atoms with Crippen LogP contribution in [0, 0.1) is 11.3 Å². The third-order valence-corrected chi connectivity index (χ3v) is 3.98. The molecule has 1 heterocycles. The molecule has 0 aliphatic carbocycles. The summed E-state index contributed by atoms with van der Waals surface area (Å²) in [5.74, 6) is 0.822. The van der Waals surface area contributed by atoms with Gasteiger partial charge in [0.05, 0.1) is 0 Å². The number of fused-ring (bicyclic) bond motifs is 1. The van der Waals surface area contributed by atoms with Crippen LogP contribution in [0.5, 0.6) is 5.75 Å². The van der Waals surface area contributed by atoms with E-state index >= 15 is 0 Å². The van der Waals surface area contributed by atoms with Crippen molar-refractivity contribution >= 4 is 10.8 Å². The van der Waals surface area contributed by atoms with Crippen molar-refractivity contribution in [2.75, 3.05) is 0 Å². The van der Waals surface area contributed by atoms with Gasteiger partial charge in [-0.15, -0.1) is 5.10 Å². The number of nitrogens with zero attached hydrogens (tertiary/aromatic N) is 3. The maximum absolute atomic E-state index is 9.08. The minimum atomic E-state index is 0.285. The number of hydrogen-bond donors (Lipinski definition) is 1. The number of aromatic amines is 1. The molecule has 0 radical (unpaired) electrons. The number of nitrogens with one attached hydrogen (secondary N) is 1. The lowest BCUT2D eigenvalue weighted by Crippen LogP contribution is -1.96. The monoisotopic (exact) mass is 326 g/mol. The first-order valence-corrected chi connectivity index (χ1v) is 7.85. The smallest absolute Gasteiger partial charge is 0.190 e. The lowest BCUT2D eigenvalue weighted by atomic mass is 10.1. The van der Waals surface area contributed by atoms with Crippen LogP contribution >= 0.6 is 0 Å². The topological polar surface area (TPSA) is 74.6 Å². The maximum Gasteiger partial charge on any atom is 0.190 e. The number of nitriles is 1. The van der Waals surface area contributed by atoms with Crippen LogP contribution in [-0.4, -0.2) is 15.4 Å². The van der Waals surface area contributed by atoms with Crippen LogP contribution < -0.4 is 4.74 Å². The van der Waals surface area contributed by atoms with E-state index in [2.05, 4.69) is 33.6 Å². The molecule has 5 nitrogen and oxygen atoms in total. The molecular formula is C20H14N4O. The molecule has 0 unspecified atom stereocenters. The third-order valence-electron chi connectivity index (χ3n) is 3.98. The normalized spacial score (nSPS) is 10.5. The van der Waals surface area contributed by atoms with Gasteiger partial charge >= 0.3 is 0 Å². The molecule has 1 N–H and O–H groups in total. The van der Waals surface area contributed by atoms with Gasteiger partial charge in [-0.3, -0.25) is 0 Å². The maximum atomic E-state index is 9.08. The SMILES string of the molecule is N#Cc1n[nH]nc1-c1cccc(COc2ccc3ccccc3c2)c1. The van der Waals surface area contributed by atoms with E-state index in [4.69, 9.17) is 10.00 Å². The van der Waals surface area contributed by atoms with E-state index in [0.29, 0.717) is 12.3 Å². The van der Waals surface area contributed by atoms with E-state index in [1.54, 1.807) is 0 Å². The molecule has 1 aromatic heterocycles. The van der Waals surface area contributed by atoms with E-state index in [1.807, 2.05) is 54.6 Å². The summed E-state index contributed by atoms with van der Waals surface area (Å²) in [5.41, 5.74) is 2.67. The first-order valence-electron chi connectivity index (χ1n) is 7.85. The molecule has 0 aliphatic heterocycles. The Bertz CT molecular complexity index is 1080. The number of H-pyrrole nitrogens is 1. The fourth-order valence-corrected chi connectivity index (χ4v) is 2.74. The number of aromatic nitrogens is 3. The Hall–Kier alpha value is -3.65. The molecule has 0 saturated heterocycles. The Morgan fingerprint density at radius 3 is 2.68 bits per heavy atom. The predicted octanol–water partition coefficient (Wildman–Crippen LogP) is 4.08. The second-order valence-corrected chi connectivity index (χ2v) is 5.63. The highest BCUT2D eigenvalue weighted by Crippen LogP contribution is 2.23. The van der Waals surface area contributed by atoms with Crippen molar-refractivity contribution in [2.24, 2.45) is 0 Å². The van der Waals surface area contributed by atoms with Crippen LogP contribution in [0.15, 0.2) is 66.7 Å². The molecule has 0 amide bonds. The first-order chi connectivity index (χ1) is 12.3. The molecule has 0 saturated carbocycles. The van der Waals surface area contributed by atoms with Gasteiger partial charge in [0, 0.05) is 5.56 Å². The zero-order valence-electron chi connectivity index (χ0n) is 13.3. The molecule has 5 heteroatoms. The predicted molar refractivity (Wildman–Crippen MR) is 94.8 cm³/mol. The first kappa shape index (κ1) is 14.9. The third kappa shape index (κ3) is 3.06. The van der Waals surface area contributed by atoms with Gasteiger partial charge in [0.1, 0.15) is 24.1 Å². The average Bonchev–Trinajstić information content (AvgIpc) is 3.15. The van der Waals surface area contributed by atoms with E-state index in [9.17, 15) is 0 Å². The number of hydrogen-bond acceptors (Lipinski definition) is 4. The van der Waals surface area contributed by atoms with Crippen molar-refractivity contribution in [2.45, 2.75) is 6.61 Å². The molecule has 0 bridgehead atoms. The summed E-state index contributed by atoms with van der Waals surface area (Å²) in [6.07, 6.45) is 0. The summed E-state index contributed by atoms with van der Waals surface area (Å²) in [6.45, 7) is 0.436. The van der Waals surface area contributed by atoms with Crippen molar-refractivity contribution in [3.63, 3.8) is 0 Å². The number of rotatable bonds is 4. The van der Waals surface area contributed by atoms with Gasteiger partial charge in [-0.2, -0.15) is 15.6 Å². The average molecular weight is 326 g/mol. The zero-order valence-corrected chi connectivity index (χ0v) is 13.3. The zero-order chi connectivity index (χ0) is 17.1. The Balaban J connectivity index is 1.55. The van der Waals surface area contributed by atoms with Crippen LogP contribution in [0.2, 0.25) is 0 Å². The Morgan fingerprint density at radius 2 is 1.80 bits per heavy atom. The van der Waals surface area contributed by atoms with Gasteiger partial charge in [-0.25, -0.2) is 0 Å². The van der Waals surface area contributed by atoms with Gasteiger partial charge in [-0.05, 0) is 34.5 Å². The highest BCUT2D eigenvalue weighted by atomic mass is 16.5. The molecule has 4 rings (SSSR count). The highest BCUT2D eigenvalue weighted by Gasteiger charge is 2.10. The van der Waals surface area contributed by atoms with Gasteiger partial charge < -0.3 is 4.74 Å². The van der Waals surface area contributed by atoms with Crippen molar-refractivity contribution in [3.8, 4) is 23.1 Å². The summed E-state index contributed by atoms with van der Waals surface area (Å²) >= 11 is 0. The Kier molecular flexibility index (Phi) is 3.85. The van der Waals surface area contributed by atoms with Gasteiger partial charge in [-0.1, -0.05) is 48.5 Å². The highest BCUT2D eigenvalue weighted by molar-refractivity contribution is 5.83. The van der Waals surface area contributed by atoms with E-state index in [1.165, 1.54) is 5.39 Å². The summed E-state index contributed by atoms with van der Waals surface area (Å²) < 4.78 is 5.92. The minimum absolute atomic E-state index is 0.285. The summed E-state index contributed by atoms with van der Waals surface area (Å²) in [7, 11) is 0. The molecule has 0 atom stereocenters. The second-order valence-electron chi connectivity index (χ2n) is 5.63. The molecule has 3 aromatic carbocycles. The van der Waals surface area contributed by atoms with Crippen LogP contribution in [0.4, 0.5) is 0 Å². The lowest BCUT2D eigenvalue weighted by molar-refractivity contribution is 0.306. The molecule has 25 heavy (non-hydrogen) atoms. The Morgan fingerprint density at radius 1 is 0.920 bits per heavy atom. The molecule has 0 aliphatic rings. The number of ether oxygens (including phenoxy) is 1. The number of benzene rings is 3. The second kappa shape index (κ2) is 6.46. The molecule has 4 aromatic rings. The lowest BCUT2D eigenvalue weighted by Gasteiger charge is -2.08. The van der Waals surface area contributed by atoms with Crippen LogP contribution in [-0.2, 0) is 6.61 Å². The quantitative estimate of drug-likeness (QED) is 0.613. The van der Waals surface area contributed by atoms with Crippen LogP contribution in [0.25, 0.3) is 22.0 Å². The van der Waals surface area contributed by atoms with E-state index in [-0.39, 0.29) is 5.69 Å². The van der Waals surface area contributed by atoms with Crippen molar-refractivity contribution in [1.29, 1.82) is 5.26 Å². The molecule has 0 fully saturated rings. The van der Waals surface area contributed by atoms with Crippen molar-refractivity contribution < 1.29 is 4.74 Å². The van der Waals surface area contributed by atoms with Gasteiger partial charge in [0.2, 0.25) is 0 Å². The standard InChI is InChI=1S/C20H14N4O/c21-12-19-20(23-24-22-19)17-7-3-4-14(10-17)13-25-18-9-8-15-5-1-2-6-16(15)11-18/h1-11H,13H2,(H,22,23,24).